The molecular weight excluding hydrogens is 286 g/mol. The molecule has 3 aromatic rings. The van der Waals surface area contributed by atoms with Crippen LogP contribution in [0, 0.1) is 0 Å². The molecule has 3 N–H and O–H groups in total. The van der Waals surface area contributed by atoms with Gasteiger partial charge in [0.1, 0.15) is 0 Å². The molecule has 2 aromatic carbocycles. The predicted octanol–water partition coefficient (Wildman–Crippen LogP) is 3.72. The van der Waals surface area contributed by atoms with Crippen LogP contribution >= 0.6 is 11.6 Å². The molecule has 0 aliphatic heterocycles. The summed E-state index contributed by atoms with van der Waals surface area (Å²) in [4.78, 5) is 16.4. The summed E-state index contributed by atoms with van der Waals surface area (Å²) in [5.74, 6) is -0.300. The Hall–Kier alpha value is -2.59. The molecule has 0 spiro atoms. The molecule has 0 bridgehead atoms. The minimum Gasteiger partial charge on any atom is -0.397 e. The molecule has 0 atom stereocenters. The fraction of sp³-hybridized carbons (Fsp3) is 0. The Bertz CT molecular complexity index is 827. The summed E-state index contributed by atoms with van der Waals surface area (Å²) in [5, 5.41) is 5.09. The highest BCUT2D eigenvalue weighted by Gasteiger charge is 2.13. The molecule has 0 fully saturated rings. The van der Waals surface area contributed by atoms with Gasteiger partial charge in [-0.15, -0.1) is 0 Å². The average Bonchev–Trinajstić information content (AvgIpc) is 2.50. The van der Waals surface area contributed by atoms with Crippen LogP contribution in [0.25, 0.3) is 10.8 Å². The zero-order valence-corrected chi connectivity index (χ0v) is 11.8. The van der Waals surface area contributed by atoms with Gasteiger partial charge in [-0.3, -0.25) is 9.78 Å². The number of benzene rings is 2. The van der Waals surface area contributed by atoms with Gasteiger partial charge < -0.3 is 11.1 Å². The van der Waals surface area contributed by atoms with Gasteiger partial charge in [0.05, 0.1) is 22.0 Å². The molecule has 4 nitrogen and oxygen atoms in total. The van der Waals surface area contributed by atoms with Gasteiger partial charge in [-0.1, -0.05) is 29.8 Å². The number of nitrogens with two attached hydrogens (primary N) is 1. The number of para-hydroxylation sites is 1. The number of amides is 1. The van der Waals surface area contributed by atoms with E-state index in [2.05, 4.69) is 10.3 Å². The van der Waals surface area contributed by atoms with Gasteiger partial charge in [-0.05, 0) is 29.7 Å². The number of nitrogens with one attached hydrogen (secondary N) is 1. The number of hydrogen-bond acceptors (Lipinski definition) is 3. The zero-order valence-electron chi connectivity index (χ0n) is 11.0. The topological polar surface area (TPSA) is 68.0 Å². The summed E-state index contributed by atoms with van der Waals surface area (Å²) < 4.78 is 0. The molecule has 5 heteroatoms. The lowest BCUT2D eigenvalue weighted by Crippen LogP contribution is -2.14. The normalized spacial score (nSPS) is 10.5. The smallest absolute Gasteiger partial charge is 0.257 e. The van der Waals surface area contributed by atoms with Crippen LogP contribution in [0.3, 0.4) is 0 Å². The van der Waals surface area contributed by atoms with Crippen molar-refractivity contribution in [1.82, 2.24) is 4.98 Å². The maximum absolute atomic E-state index is 12.4. The largest absolute Gasteiger partial charge is 0.397 e. The Kier molecular flexibility index (Phi) is 3.46. The molecule has 0 unspecified atom stereocenters. The molecule has 0 radical (unpaired) electrons. The Labute approximate surface area is 126 Å². The number of carbonyl (C=O) groups excluding carboxylic acids is 1. The Balaban J connectivity index is 1.99. The number of carbonyl (C=O) groups is 1. The van der Waals surface area contributed by atoms with Crippen LogP contribution in [0.4, 0.5) is 11.4 Å². The van der Waals surface area contributed by atoms with E-state index in [1.165, 1.54) is 0 Å². The van der Waals surface area contributed by atoms with Crippen molar-refractivity contribution in [3.05, 3.63) is 65.4 Å². The van der Waals surface area contributed by atoms with E-state index >= 15 is 0 Å². The van der Waals surface area contributed by atoms with Gasteiger partial charge in [0.2, 0.25) is 0 Å². The minimum absolute atomic E-state index is 0.273. The van der Waals surface area contributed by atoms with Crippen LogP contribution in [-0.4, -0.2) is 10.9 Å². The Morgan fingerprint density at radius 1 is 1.14 bits per heavy atom. The molecule has 0 saturated heterocycles. The second kappa shape index (κ2) is 5.42. The fourth-order valence-corrected chi connectivity index (χ4v) is 2.32. The summed E-state index contributed by atoms with van der Waals surface area (Å²) in [7, 11) is 0. The highest BCUT2D eigenvalue weighted by Crippen LogP contribution is 2.26. The molecule has 1 amide bonds. The second-order valence-electron chi connectivity index (χ2n) is 4.56. The van der Waals surface area contributed by atoms with Crippen molar-refractivity contribution in [2.45, 2.75) is 0 Å². The van der Waals surface area contributed by atoms with E-state index < -0.39 is 0 Å². The number of halogens is 1. The van der Waals surface area contributed by atoms with Crippen LogP contribution in [0.5, 0.6) is 0 Å². The van der Waals surface area contributed by atoms with Gasteiger partial charge in [0.25, 0.3) is 5.91 Å². The molecule has 1 aromatic heterocycles. The van der Waals surface area contributed by atoms with Crippen molar-refractivity contribution in [2.24, 2.45) is 0 Å². The summed E-state index contributed by atoms with van der Waals surface area (Å²) in [6, 6.07) is 12.5. The molecular formula is C16H12ClN3O. The van der Waals surface area contributed by atoms with Crippen LogP contribution in [0.2, 0.25) is 5.02 Å². The first-order chi connectivity index (χ1) is 10.2. The highest BCUT2D eigenvalue weighted by molar-refractivity contribution is 6.34. The monoisotopic (exact) mass is 297 g/mol. The maximum Gasteiger partial charge on any atom is 0.257 e. The molecule has 0 aliphatic carbocycles. The van der Waals surface area contributed by atoms with Crippen molar-refractivity contribution in [2.75, 3.05) is 11.1 Å². The summed E-state index contributed by atoms with van der Waals surface area (Å²) in [5.41, 5.74) is 7.15. The third kappa shape index (κ3) is 2.53. The molecule has 21 heavy (non-hydrogen) atoms. The van der Waals surface area contributed by atoms with E-state index in [1.54, 1.807) is 30.6 Å². The van der Waals surface area contributed by atoms with E-state index in [1.807, 2.05) is 24.3 Å². The number of rotatable bonds is 2. The number of pyridine rings is 1. The van der Waals surface area contributed by atoms with E-state index in [-0.39, 0.29) is 11.6 Å². The van der Waals surface area contributed by atoms with Crippen molar-refractivity contribution in [3.63, 3.8) is 0 Å². The molecule has 0 saturated carbocycles. The van der Waals surface area contributed by atoms with Crippen molar-refractivity contribution in [3.8, 4) is 0 Å². The van der Waals surface area contributed by atoms with Crippen LogP contribution in [-0.2, 0) is 0 Å². The lowest BCUT2D eigenvalue weighted by molar-refractivity contribution is 0.102. The number of nitrogen functional groups attached to an aromatic ring is 1. The molecule has 1 heterocycles. The van der Waals surface area contributed by atoms with Gasteiger partial charge in [0, 0.05) is 17.8 Å². The van der Waals surface area contributed by atoms with E-state index in [4.69, 9.17) is 17.3 Å². The third-order valence-corrected chi connectivity index (χ3v) is 3.56. The number of anilines is 2. The molecule has 3 rings (SSSR count). The summed E-state index contributed by atoms with van der Waals surface area (Å²) in [6.07, 6.45) is 3.43. The van der Waals surface area contributed by atoms with Crippen LogP contribution in [0.15, 0.2) is 54.9 Å². The SMILES string of the molecule is Nc1c(Cl)cccc1C(=O)Nc1cccc2ccncc12. The van der Waals surface area contributed by atoms with Gasteiger partial charge in [-0.2, -0.15) is 0 Å². The summed E-state index contributed by atoms with van der Waals surface area (Å²) >= 11 is 5.94. The lowest BCUT2D eigenvalue weighted by Gasteiger charge is -2.10. The third-order valence-electron chi connectivity index (χ3n) is 3.23. The molecule has 104 valence electrons. The number of nitrogens with zero attached hydrogens (tertiary/aromatic N) is 1. The number of aromatic nitrogens is 1. The van der Waals surface area contributed by atoms with E-state index in [9.17, 15) is 4.79 Å². The molecule has 0 aliphatic rings. The standard InChI is InChI=1S/C16H12ClN3O/c17-13-5-2-4-11(15(13)18)16(21)20-14-6-1-3-10-7-8-19-9-12(10)14/h1-9H,18H2,(H,20,21). The zero-order chi connectivity index (χ0) is 14.8. The van der Waals surface area contributed by atoms with Crippen LogP contribution < -0.4 is 11.1 Å². The fourth-order valence-electron chi connectivity index (χ4n) is 2.15. The minimum atomic E-state index is -0.300. The lowest BCUT2D eigenvalue weighted by atomic mass is 10.1. The number of hydrogen-bond donors (Lipinski definition) is 2. The van der Waals surface area contributed by atoms with Crippen LogP contribution in [0.1, 0.15) is 10.4 Å². The van der Waals surface area contributed by atoms with E-state index in [0.717, 1.165) is 10.8 Å². The first-order valence-corrected chi connectivity index (χ1v) is 6.72. The van der Waals surface area contributed by atoms with Crippen molar-refractivity contribution >= 4 is 39.7 Å². The first-order valence-electron chi connectivity index (χ1n) is 6.35. The predicted molar refractivity (Wildman–Crippen MR) is 85.6 cm³/mol. The average molecular weight is 298 g/mol. The van der Waals surface area contributed by atoms with Gasteiger partial charge in [0.15, 0.2) is 0 Å². The second-order valence-corrected chi connectivity index (χ2v) is 4.96. The highest BCUT2D eigenvalue weighted by atomic mass is 35.5. The Morgan fingerprint density at radius 3 is 2.81 bits per heavy atom. The maximum atomic E-state index is 12.4. The van der Waals surface area contributed by atoms with Crippen molar-refractivity contribution < 1.29 is 4.79 Å². The van der Waals surface area contributed by atoms with Gasteiger partial charge in [-0.25, -0.2) is 0 Å². The number of fused-ring (bicyclic) bond motifs is 1. The Morgan fingerprint density at radius 2 is 1.95 bits per heavy atom. The summed E-state index contributed by atoms with van der Waals surface area (Å²) in [6.45, 7) is 0. The quantitative estimate of drug-likeness (QED) is 0.708. The van der Waals surface area contributed by atoms with Gasteiger partial charge >= 0.3 is 0 Å². The van der Waals surface area contributed by atoms with E-state index in [0.29, 0.717) is 16.3 Å². The first kappa shape index (κ1) is 13.4. The van der Waals surface area contributed by atoms with Crippen molar-refractivity contribution in [1.29, 1.82) is 0 Å².